The molecule has 3 aromatic carbocycles. The van der Waals surface area contributed by atoms with Gasteiger partial charge in [-0.2, -0.15) is 5.10 Å². The molecule has 3 aliphatic rings. The van der Waals surface area contributed by atoms with Gasteiger partial charge in [0, 0.05) is 56.6 Å². The van der Waals surface area contributed by atoms with Crippen molar-refractivity contribution in [2.75, 3.05) is 58.9 Å². The molecule has 2 N–H and O–H groups in total. The standard InChI is InChI=1S/C32H39FN6O4.C14H16O.CH2O.CH4/c33-28-6-5-22(20-29-25-3-1-2-4-26(25)31(41)36-35-29)19-27(28)32(42)39-17-15-38(16-18-39)30(40)21-37-13-9-24(10-14-37)43-23-7-11-34-12-8-23;1-4-5-8-11(2)13-9-6-7-10-14(13)12(3)15;1-2;/h1-6,19,23-24,34H,7-18,20-21H2,(H,36,41);4,6-7,9-10H,1-2,5,8H2,3H3;1H2;1H4. The van der Waals surface area contributed by atoms with Gasteiger partial charge in [0.05, 0.1) is 35.4 Å². The lowest BCUT2D eigenvalue weighted by Crippen LogP contribution is -2.53. The summed E-state index contributed by atoms with van der Waals surface area (Å²) in [5.74, 6) is -0.815. The number of benzene rings is 3. The zero-order valence-electron chi connectivity index (χ0n) is 34.6. The minimum atomic E-state index is -0.584. The van der Waals surface area contributed by atoms with Gasteiger partial charge in [-0.25, -0.2) is 9.49 Å². The van der Waals surface area contributed by atoms with E-state index in [9.17, 15) is 23.6 Å². The summed E-state index contributed by atoms with van der Waals surface area (Å²) in [5, 5.41) is 11.3. The van der Waals surface area contributed by atoms with Gasteiger partial charge in [-0.05, 0) is 93.4 Å². The van der Waals surface area contributed by atoms with Crippen LogP contribution in [-0.2, 0) is 20.7 Å². The molecule has 326 valence electrons. The van der Waals surface area contributed by atoms with Gasteiger partial charge >= 0.3 is 0 Å². The van der Waals surface area contributed by atoms with Crippen molar-refractivity contribution in [3.8, 4) is 0 Å². The highest BCUT2D eigenvalue weighted by Crippen LogP contribution is 2.24. The van der Waals surface area contributed by atoms with E-state index in [1.165, 1.54) is 6.07 Å². The predicted molar refractivity (Wildman–Crippen MR) is 239 cm³/mol. The van der Waals surface area contributed by atoms with E-state index in [1.807, 2.05) is 49.3 Å². The molecule has 0 atom stereocenters. The number of likely N-dealkylation sites (tertiary alicyclic amines) is 1. The normalized spacial score (nSPS) is 16.0. The second kappa shape index (κ2) is 24.0. The molecule has 3 fully saturated rings. The van der Waals surface area contributed by atoms with Crippen LogP contribution in [0.3, 0.4) is 0 Å². The first-order valence-electron chi connectivity index (χ1n) is 20.7. The molecule has 12 nitrogen and oxygen atoms in total. The Hall–Kier alpha value is -5.63. The Kier molecular flexibility index (Phi) is 18.9. The van der Waals surface area contributed by atoms with Gasteiger partial charge in [0.25, 0.3) is 11.5 Å². The van der Waals surface area contributed by atoms with Crippen molar-refractivity contribution in [1.82, 2.24) is 30.2 Å². The summed E-state index contributed by atoms with van der Waals surface area (Å²) in [6.07, 6.45) is 8.59. The number of aromatic nitrogens is 2. The van der Waals surface area contributed by atoms with E-state index in [0.717, 1.165) is 86.8 Å². The smallest absolute Gasteiger partial charge is 0.272 e. The number of nitrogens with one attached hydrogen (secondary N) is 2. The van der Waals surface area contributed by atoms with Crippen molar-refractivity contribution in [2.24, 2.45) is 0 Å². The third-order valence-electron chi connectivity index (χ3n) is 11.2. The number of piperazine rings is 1. The molecule has 3 saturated heterocycles. The SMILES string of the molecule is C.C=CCCC(=C)c1ccccc1C(C)=O.C=O.O=C(CN1CCC(OC2CCNCC2)CC1)N1CCN(C(=O)c2cc(Cc3n[nH]c(=O)c4ccccc34)ccc2F)CC1. The monoisotopic (exact) mass is 836 g/mol. The summed E-state index contributed by atoms with van der Waals surface area (Å²) in [6.45, 7) is 16.9. The van der Waals surface area contributed by atoms with E-state index in [1.54, 1.807) is 41.0 Å². The first-order valence-corrected chi connectivity index (χ1v) is 20.7. The molecule has 2 amide bonds. The first kappa shape index (κ1) is 48.0. The molecule has 4 heterocycles. The van der Waals surface area contributed by atoms with Crippen molar-refractivity contribution >= 4 is 40.7 Å². The average Bonchev–Trinajstić information content (AvgIpc) is 3.29. The number of aromatic amines is 1. The minimum absolute atomic E-state index is 0. The summed E-state index contributed by atoms with van der Waals surface area (Å²) in [5.41, 5.74) is 3.81. The number of ketones is 1. The molecule has 0 bridgehead atoms. The summed E-state index contributed by atoms with van der Waals surface area (Å²) < 4.78 is 21.1. The largest absolute Gasteiger partial charge is 0.375 e. The van der Waals surface area contributed by atoms with Gasteiger partial charge in [0.2, 0.25) is 5.91 Å². The van der Waals surface area contributed by atoms with E-state index in [-0.39, 0.29) is 42.3 Å². The van der Waals surface area contributed by atoms with E-state index >= 15 is 0 Å². The molecule has 0 unspecified atom stereocenters. The third kappa shape index (κ3) is 13.2. The van der Waals surface area contributed by atoms with Gasteiger partial charge in [0.15, 0.2) is 5.78 Å². The molecule has 7 rings (SSSR count). The molecule has 1 aromatic heterocycles. The quantitative estimate of drug-likeness (QED) is 0.121. The third-order valence-corrected chi connectivity index (χ3v) is 11.2. The van der Waals surface area contributed by atoms with E-state index in [0.29, 0.717) is 61.9 Å². The van der Waals surface area contributed by atoms with Gasteiger partial charge in [-0.15, -0.1) is 6.58 Å². The number of H-pyrrole nitrogens is 1. The van der Waals surface area contributed by atoms with Crippen molar-refractivity contribution in [2.45, 2.75) is 71.5 Å². The highest BCUT2D eigenvalue weighted by atomic mass is 19.1. The number of Topliss-reactive ketones (excluding diaryl/α,β-unsaturated/α-hetero) is 1. The highest BCUT2D eigenvalue weighted by molar-refractivity contribution is 5.99. The van der Waals surface area contributed by atoms with Crippen molar-refractivity contribution in [3.63, 3.8) is 0 Å². The minimum Gasteiger partial charge on any atom is -0.375 e. The number of piperidine rings is 2. The highest BCUT2D eigenvalue weighted by Gasteiger charge is 2.29. The lowest BCUT2D eigenvalue weighted by molar-refractivity contribution is -0.135. The molecule has 0 saturated carbocycles. The van der Waals surface area contributed by atoms with Gasteiger partial charge in [-0.1, -0.05) is 68.6 Å². The van der Waals surface area contributed by atoms with Gasteiger partial charge in [0.1, 0.15) is 12.6 Å². The average molecular weight is 837 g/mol. The molecule has 13 heteroatoms. The number of carbonyl (C=O) groups is 4. The Morgan fingerprint density at radius 2 is 1.44 bits per heavy atom. The van der Waals surface area contributed by atoms with E-state index in [2.05, 4.69) is 33.6 Å². The van der Waals surface area contributed by atoms with Crippen LogP contribution in [0.4, 0.5) is 4.39 Å². The molecule has 0 aliphatic carbocycles. The Balaban J connectivity index is 0.000000385. The predicted octanol–water partition coefficient (Wildman–Crippen LogP) is 6.49. The molecular weight excluding hydrogens is 776 g/mol. The maximum atomic E-state index is 14.9. The summed E-state index contributed by atoms with van der Waals surface area (Å²) >= 11 is 0. The maximum absolute atomic E-state index is 14.9. The van der Waals surface area contributed by atoms with Crippen LogP contribution in [0.1, 0.15) is 90.4 Å². The van der Waals surface area contributed by atoms with Crippen LogP contribution in [0.2, 0.25) is 0 Å². The Morgan fingerprint density at radius 3 is 2.10 bits per heavy atom. The summed E-state index contributed by atoms with van der Waals surface area (Å²) in [6, 6.07) is 19.3. The number of amides is 2. The lowest BCUT2D eigenvalue weighted by atomic mass is 9.96. The van der Waals surface area contributed by atoms with Crippen molar-refractivity contribution < 1.29 is 28.3 Å². The molecular formula is C48H61FN6O6. The number of hydrogen-bond donors (Lipinski definition) is 2. The first-order chi connectivity index (χ1) is 29.1. The molecule has 3 aliphatic heterocycles. The van der Waals surface area contributed by atoms with Crippen molar-refractivity contribution in [1.29, 1.82) is 0 Å². The van der Waals surface area contributed by atoms with Crippen LogP contribution >= 0.6 is 0 Å². The number of rotatable bonds is 12. The molecule has 4 aromatic rings. The summed E-state index contributed by atoms with van der Waals surface area (Å²) in [4.78, 5) is 63.5. The Morgan fingerprint density at radius 1 is 0.836 bits per heavy atom. The van der Waals surface area contributed by atoms with E-state index < -0.39 is 5.82 Å². The van der Waals surface area contributed by atoms with Crippen LogP contribution < -0.4 is 10.9 Å². The van der Waals surface area contributed by atoms with Crippen LogP contribution in [-0.4, -0.2) is 120 Å². The van der Waals surface area contributed by atoms with Crippen molar-refractivity contribution in [3.05, 3.63) is 130 Å². The second-order valence-corrected chi connectivity index (χ2v) is 15.3. The number of nitrogens with zero attached hydrogens (tertiary/aromatic N) is 4. The maximum Gasteiger partial charge on any atom is 0.272 e. The fourth-order valence-electron chi connectivity index (χ4n) is 7.88. The lowest BCUT2D eigenvalue weighted by Gasteiger charge is -2.38. The van der Waals surface area contributed by atoms with Crippen LogP contribution in [0.25, 0.3) is 16.3 Å². The molecule has 0 radical (unpaired) electrons. The Labute approximate surface area is 358 Å². The van der Waals surface area contributed by atoms with Crippen LogP contribution in [0.5, 0.6) is 0 Å². The summed E-state index contributed by atoms with van der Waals surface area (Å²) in [7, 11) is 0. The Bertz CT molecular complexity index is 2170. The molecule has 0 spiro atoms. The van der Waals surface area contributed by atoms with E-state index in [4.69, 9.17) is 9.53 Å². The van der Waals surface area contributed by atoms with Crippen LogP contribution in [0, 0.1) is 5.82 Å². The number of ether oxygens (including phenoxy) is 1. The molecule has 61 heavy (non-hydrogen) atoms. The fraction of sp³-hybridized carbons (Fsp3) is 0.417. The number of fused-ring (bicyclic) bond motifs is 1. The number of halogens is 1. The topological polar surface area (TPSA) is 145 Å². The number of hydrogen-bond acceptors (Lipinski definition) is 9. The van der Waals surface area contributed by atoms with Gasteiger partial charge < -0.3 is 24.6 Å². The number of carbonyl (C=O) groups excluding carboxylic acids is 4. The fourth-order valence-corrected chi connectivity index (χ4v) is 7.88. The number of allylic oxidation sites excluding steroid dienone is 2. The second-order valence-electron chi connectivity index (χ2n) is 15.3. The zero-order chi connectivity index (χ0) is 43.0. The van der Waals surface area contributed by atoms with Crippen LogP contribution in [0.15, 0.2) is 90.8 Å². The van der Waals surface area contributed by atoms with Gasteiger partial charge in [-0.3, -0.25) is 24.1 Å². The zero-order valence-corrected chi connectivity index (χ0v) is 34.6.